The maximum atomic E-state index is 14.1. The maximum absolute atomic E-state index is 14.1. The van der Waals surface area contributed by atoms with E-state index in [0.717, 1.165) is 22.5 Å². The van der Waals surface area contributed by atoms with Gasteiger partial charge in [0.2, 0.25) is 0 Å². The van der Waals surface area contributed by atoms with Crippen molar-refractivity contribution in [1.29, 1.82) is 0 Å². The lowest BCUT2D eigenvalue weighted by atomic mass is 10.1. The van der Waals surface area contributed by atoms with Gasteiger partial charge in [0.1, 0.15) is 10.6 Å². The standard InChI is InChI=1S/C32H22Cl2FN3O2S2/c1-18-14-24(19(2)37(18)23-12-13-27(35)26(34)15-23)28(39)17-42-32-36-30-29(31(40)38(32)22-6-4-3-5-7-22)25(16-41-30)20-8-10-21(33)11-9-20/h3-16H,17H2,1-2H3. The number of aromatic nitrogens is 3. The fourth-order valence-corrected chi connectivity index (χ4v) is 7.18. The highest BCUT2D eigenvalue weighted by atomic mass is 35.5. The number of carbonyl (C=O) groups is 1. The molecule has 0 saturated heterocycles. The van der Waals surface area contributed by atoms with Crippen LogP contribution in [0.5, 0.6) is 0 Å². The van der Waals surface area contributed by atoms with Gasteiger partial charge in [-0.2, -0.15) is 0 Å². The zero-order valence-electron chi connectivity index (χ0n) is 22.4. The van der Waals surface area contributed by atoms with Gasteiger partial charge in [-0.15, -0.1) is 11.3 Å². The lowest BCUT2D eigenvalue weighted by molar-refractivity contribution is 0.102. The van der Waals surface area contributed by atoms with Gasteiger partial charge in [0.15, 0.2) is 10.9 Å². The number of benzene rings is 3. The van der Waals surface area contributed by atoms with Crippen molar-refractivity contribution in [2.24, 2.45) is 0 Å². The van der Waals surface area contributed by atoms with Crippen molar-refractivity contribution in [3.8, 4) is 22.5 Å². The Hall–Kier alpha value is -3.69. The van der Waals surface area contributed by atoms with Crippen molar-refractivity contribution in [1.82, 2.24) is 14.1 Å². The molecule has 0 N–H and O–H groups in total. The molecule has 6 rings (SSSR count). The van der Waals surface area contributed by atoms with Gasteiger partial charge >= 0.3 is 0 Å². The van der Waals surface area contributed by atoms with E-state index in [-0.39, 0.29) is 22.1 Å². The van der Waals surface area contributed by atoms with Crippen LogP contribution in [0.4, 0.5) is 4.39 Å². The lowest BCUT2D eigenvalue weighted by Gasteiger charge is -2.13. The molecule has 3 aromatic heterocycles. The Kier molecular flexibility index (Phi) is 7.81. The number of aryl methyl sites for hydroxylation is 1. The summed E-state index contributed by atoms with van der Waals surface area (Å²) in [4.78, 5) is 33.0. The number of thioether (sulfide) groups is 1. The van der Waals surface area contributed by atoms with E-state index in [1.54, 1.807) is 22.8 Å². The van der Waals surface area contributed by atoms with Gasteiger partial charge in [-0.25, -0.2) is 9.37 Å². The van der Waals surface area contributed by atoms with Crippen molar-refractivity contribution < 1.29 is 9.18 Å². The first-order valence-corrected chi connectivity index (χ1v) is 15.5. The van der Waals surface area contributed by atoms with Gasteiger partial charge in [0.25, 0.3) is 5.56 Å². The Morgan fingerprint density at radius 1 is 0.952 bits per heavy atom. The lowest BCUT2D eigenvalue weighted by Crippen LogP contribution is -2.22. The molecule has 0 aliphatic heterocycles. The number of nitrogens with zero attached hydrogens (tertiary/aromatic N) is 3. The van der Waals surface area contributed by atoms with Gasteiger partial charge in [0.05, 0.1) is 21.8 Å². The Morgan fingerprint density at radius 3 is 2.40 bits per heavy atom. The van der Waals surface area contributed by atoms with E-state index < -0.39 is 5.82 Å². The fourth-order valence-electron chi connectivity index (χ4n) is 4.99. The molecule has 0 fully saturated rings. The third kappa shape index (κ3) is 5.20. The summed E-state index contributed by atoms with van der Waals surface area (Å²) in [5.41, 5.74) is 4.85. The van der Waals surface area contributed by atoms with Crippen LogP contribution in [0.1, 0.15) is 21.7 Å². The monoisotopic (exact) mass is 633 g/mol. The first-order valence-electron chi connectivity index (χ1n) is 12.9. The third-order valence-electron chi connectivity index (χ3n) is 6.97. The molecule has 0 unspecified atom stereocenters. The topological polar surface area (TPSA) is 56.9 Å². The molecule has 3 aromatic carbocycles. The second-order valence-corrected chi connectivity index (χ2v) is 12.3. The minimum Gasteiger partial charge on any atom is -0.318 e. The Bertz CT molecular complexity index is 2030. The smallest absolute Gasteiger partial charge is 0.268 e. The molecule has 42 heavy (non-hydrogen) atoms. The minimum atomic E-state index is -0.504. The van der Waals surface area contributed by atoms with Crippen molar-refractivity contribution in [2.45, 2.75) is 19.0 Å². The number of ketones is 1. The molecule has 210 valence electrons. The van der Waals surface area contributed by atoms with E-state index in [1.165, 1.54) is 35.2 Å². The van der Waals surface area contributed by atoms with Crippen LogP contribution in [0.2, 0.25) is 10.0 Å². The number of hydrogen-bond donors (Lipinski definition) is 0. The van der Waals surface area contributed by atoms with E-state index in [4.69, 9.17) is 28.2 Å². The molecule has 0 saturated carbocycles. The number of para-hydroxylation sites is 1. The highest BCUT2D eigenvalue weighted by Gasteiger charge is 2.22. The number of Topliss-reactive ketones (excluding diaryl/α,β-unsaturated/α-hetero) is 1. The Labute approximate surface area is 259 Å². The van der Waals surface area contributed by atoms with Gasteiger partial charge in [-0.1, -0.05) is 65.3 Å². The summed E-state index contributed by atoms with van der Waals surface area (Å²) >= 11 is 14.7. The molecule has 0 radical (unpaired) electrons. The molecule has 10 heteroatoms. The number of rotatable bonds is 7. The summed E-state index contributed by atoms with van der Waals surface area (Å²) in [5.74, 6) is -0.556. The molecule has 0 aliphatic carbocycles. The quantitative estimate of drug-likeness (QED) is 0.1000. The van der Waals surface area contributed by atoms with E-state index in [1.807, 2.05) is 72.3 Å². The van der Waals surface area contributed by atoms with Crippen LogP contribution < -0.4 is 5.56 Å². The van der Waals surface area contributed by atoms with Gasteiger partial charge in [0, 0.05) is 38.6 Å². The molecule has 3 heterocycles. The predicted molar refractivity (Wildman–Crippen MR) is 171 cm³/mol. The predicted octanol–water partition coefficient (Wildman–Crippen LogP) is 8.94. The highest BCUT2D eigenvalue weighted by molar-refractivity contribution is 7.99. The number of fused-ring (bicyclic) bond motifs is 1. The number of hydrogen-bond acceptors (Lipinski definition) is 5. The van der Waals surface area contributed by atoms with E-state index in [9.17, 15) is 14.0 Å². The summed E-state index contributed by atoms with van der Waals surface area (Å²) in [6.45, 7) is 3.72. The van der Waals surface area contributed by atoms with Crippen LogP contribution in [0.25, 0.3) is 32.7 Å². The van der Waals surface area contributed by atoms with Crippen molar-refractivity contribution in [2.75, 3.05) is 5.75 Å². The molecule has 0 spiro atoms. The minimum absolute atomic E-state index is 0.0107. The molecule has 0 bridgehead atoms. The largest absolute Gasteiger partial charge is 0.318 e. The first-order chi connectivity index (χ1) is 20.2. The zero-order valence-corrected chi connectivity index (χ0v) is 25.5. The molecular weight excluding hydrogens is 612 g/mol. The number of thiophene rings is 1. The molecule has 5 nitrogen and oxygen atoms in total. The Balaban J connectivity index is 1.38. The van der Waals surface area contributed by atoms with Gasteiger partial charge in [-0.05, 0) is 67.9 Å². The first kappa shape index (κ1) is 28.4. The third-order valence-corrected chi connectivity index (χ3v) is 9.32. The van der Waals surface area contributed by atoms with Crippen LogP contribution in [0.3, 0.4) is 0 Å². The maximum Gasteiger partial charge on any atom is 0.268 e. The molecule has 0 aliphatic rings. The van der Waals surface area contributed by atoms with E-state index in [2.05, 4.69) is 0 Å². The molecular formula is C32H22Cl2FN3O2S2. The molecule has 0 amide bonds. The number of halogens is 3. The average Bonchev–Trinajstić information content (AvgIpc) is 3.54. The summed E-state index contributed by atoms with van der Waals surface area (Å²) in [6, 6.07) is 22.9. The summed E-state index contributed by atoms with van der Waals surface area (Å²) in [6.07, 6.45) is 0. The van der Waals surface area contributed by atoms with Crippen molar-refractivity contribution in [3.05, 3.63) is 127 Å². The van der Waals surface area contributed by atoms with Crippen LogP contribution in [0.15, 0.2) is 94.2 Å². The van der Waals surface area contributed by atoms with Crippen LogP contribution >= 0.6 is 46.3 Å². The second-order valence-electron chi connectivity index (χ2n) is 9.64. The van der Waals surface area contributed by atoms with Crippen molar-refractivity contribution in [3.63, 3.8) is 0 Å². The zero-order chi connectivity index (χ0) is 29.5. The fraction of sp³-hybridized carbons (Fsp3) is 0.0938. The summed E-state index contributed by atoms with van der Waals surface area (Å²) in [7, 11) is 0. The van der Waals surface area contributed by atoms with Gasteiger partial charge in [-0.3, -0.25) is 14.2 Å². The highest BCUT2D eigenvalue weighted by Crippen LogP contribution is 2.34. The SMILES string of the molecule is Cc1cc(C(=O)CSc2nc3scc(-c4ccc(Cl)cc4)c3c(=O)n2-c2ccccc2)c(C)n1-c1ccc(F)c(Cl)c1. The normalized spacial score (nSPS) is 11.4. The molecule has 6 aromatic rings. The van der Waals surface area contributed by atoms with E-state index in [0.29, 0.717) is 37.3 Å². The van der Waals surface area contributed by atoms with Crippen LogP contribution in [0, 0.1) is 19.7 Å². The van der Waals surface area contributed by atoms with Crippen molar-refractivity contribution >= 4 is 62.3 Å². The summed E-state index contributed by atoms with van der Waals surface area (Å²) < 4.78 is 17.2. The average molecular weight is 635 g/mol. The van der Waals surface area contributed by atoms with Crippen LogP contribution in [-0.2, 0) is 0 Å². The second kappa shape index (κ2) is 11.5. The number of carbonyl (C=O) groups excluding carboxylic acids is 1. The molecule has 0 atom stereocenters. The summed E-state index contributed by atoms with van der Waals surface area (Å²) in [5, 5.41) is 3.49. The Morgan fingerprint density at radius 2 is 1.69 bits per heavy atom. The van der Waals surface area contributed by atoms with E-state index >= 15 is 0 Å². The van der Waals surface area contributed by atoms with Crippen LogP contribution in [-0.4, -0.2) is 25.7 Å². The van der Waals surface area contributed by atoms with Gasteiger partial charge < -0.3 is 4.57 Å².